The minimum absolute atomic E-state index is 0.0259. The van der Waals surface area contributed by atoms with Gasteiger partial charge in [0.15, 0.2) is 0 Å². The van der Waals surface area contributed by atoms with Crippen LogP contribution in [-0.4, -0.2) is 33.2 Å². The number of nitrogens with zero attached hydrogens (tertiary/aromatic N) is 3. The molecule has 130 valence electrons. The van der Waals surface area contributed by atoms with Crippen LogP contribution in [0.2, 0.25) is 0 Å². The van der Waals surface area contributed by atoms with E-state index in [1.807, 2.05) is 49.1 Å². The number of urea groups is 1. The number of aryl methyl sites for hydroxylation is 2. The number of anilines is 1. The number of benzene rings is 1. The summed E-state index contributed by atoms with van der Waals surface area (Å²) in [5, 5.41) is 11.5. The lowest BCUT2D eigenvalue weighted by Gasteiger charge is -2.54. The number of piperidine rings is 1. The zero-order valence-corrected chi connectivity index (χ0v) is 15.0. The Morgan fingerprint density at radius 2 is 1.84 bits per heavy atom. The fourth-order valence-corrected chi connectivity index (χ4v) is 4.18. The summed E-state index contributed by atoms with van der Waals surface area (Å²) in [6, 6.07) is 10.8. The van der Waals surface area contributed by atoms with Crippen molar-refractivity contribution in [3.05, 3.63) is 41.6 Å². The van der Waals surface area contributed by atoms with Crippen molar-refractivity contribution in [2.24, 2.45) is 5.92 Å². The third-order valence-electron chi connectivity index (χ3n) is 5.48. The molecule has 1 aromatic carbocycles. The molecular formula is C20H24N4O. The molecule has 2 aromatic rings. The number of hydrogen-bond donors (Lipinski definition) is 1. The van der Waals surface area contributed by atoms with Crippen LogP contribution in [-0.2, 0) is 0 Å². The van der Waals surface area contributed by atoms with Crippen molar-refractivity contribution in [3.63, 3.8) is 0 Å². The highest BCUT2D eigenvalue weighted by atomic mass is 16.2. The number of amides is 2. The van der Waals surface area contributed by atoms with Crippen LogP contribution in [0, 0.1) is 19.8 Å². The van der Waals surface area contributed by atoms with Crippen molar-refractivity contribution in [2.45, 2.75) is 52.1 Å². The van der Waals surface area contributed by atoms with Gasteiger partial charge in [-0.05, 0) is 68.9 Å². The molecule has 2 aliphatic rings. The number of fused-ring (bicyclic) bond motifs is 2. The highest BCUT2D eigenvalue weighted by Crippen LogP contribution is 2.41. The molecule has 0 spiro atoms. The average Bonchev–Trinajstić information content (AvgIpc) is 2.57. The Morgan fingerprint density at radius 3 is 2.52 bits per heavy atom. The van der Waals surface area contributed by atoms with Gasteiger partial charge in [-0.2, -0.15) is 10.2 Å². The van der Waals surface area contributed by atoms with Crippen LogP contribution in [0.3, 0.4) is 0 Å². The maximum atomic E-state index is 12.7. The molecule has 3 heterocycles. The van der Waals surface area contributed by atoms with E-state index in [-0.39, 0.29) is 6.03 Å². The first-order valence-electron chi connectivity index (χ1n) is 9.02. The zero-order valence-electron chi connectivity index (χ0n) is 15.0. The van der Waals surface area contributed by atoms with E-state index in [0.29, 0.717) is 12.1 Å². The molecule has 1 N–H and O–H groups in total. The van der Waals surface area contributed by atoms with E-state index in [4.69, 9.17) is 0 Å². The second-order valence-corrected chi connectivity index (χ2v) is 7.55. The Balaban J connectivity index is 1.53. The number of hydrogen-bond acceptors (Lipinski definition) is 3. The molecule has 2 fully saturated rings. The third kappa shape index (κ3) is 2.99. The van der Waals surface area contributed by atoms with E-state index in [1.54, 1.807) is 0 Å². The number of nitrogens with one attached hydrogen (secondary N) is 1. The monoisotopic (exact) mass is 336 g/mol. The number of aromatic nitrogens is 2. The summed E-state index contributed by atoms with van der Waals surface area (Å²) in [7, 11) is 0. The number of rotatable bonds is 2. The van der Waals surface area contributed by atoms with Gasteiger partial charge < -0.3 is 10.2 Å². The van der Waals surface area contributed by atoms with Gasteiger partial charge in [0, 0.05) is 23.3 Å². The normalized spacial score (nSPS) is 24.6. The van der Waals surface area contributed by atoms with Crippen LogP contribution in [0.4, 0.5) is 10.5 Å². The molecule has 4 rings (SSSR count). The van der Waals surface area contributed by atoms with Crippen molar-refractivity contribution in [2.75, 3.05) is 5.32 Å². The summed E-state index contributed by atoms with van der Waals surface area (Å²) in [5.41, 5.74) is 4.65. The second kappa shape index (κ2) is 6.14. The molecular weight excluding hydrogens is 312 g/mol. The molecule has 2 bridgehead atoms. The molecule has 3 atom stereocenters. The Morgan fingerprint density at radius 1 is 1.08 bits per heavy atom. The molecule has 2 amide bonds. The smallest absolute Gasteiger partial charge is 0.318 e. The predicted molar refractivity (Wildman–Crippen MR) is 98.4 cm³/mol. The largest absolute Gasteiger partial charge is 0.322 e. The van der Waals surface area contributed by atoms with Gasteiger partial charge in [-0.25, -0.2) is 4.79 Å². The summed E-state index contributed by atoms with van der Waals surface area (Å²) in [6.45, 7) is 6.25. The van der Waals surface area contributed by atoms with Gasteiger partial charge in [0.25, 0.3) is 0 Å². The van der Waals surface area contributed by atoms with Crippen LogP contribution in [0.1, 0.15) is 37.4 Å². The fourth-order valence-electron chi connectivity index (χ4n) is 4.18. The predicted octanol–water partition coefficient (Wildman–Crippen LogP) is 4.17. The lowest BCUT2D eigenvalue weighted by Crippen LogP contribution is -2.63. The highest BCUT2D eigenvalue weighted by molar-refractivity contribution is 5.91. The van der Waals surface area contributed by atoms with Gasteiger partial charge in [-0.3, -0.25) is 0 Å². The molecule has 2 aliphatic heterocycles. The minimum Gasteiger partial charge on any atom is -0.318 e. The molecule has 5 heteroatoms. The summed E-state index contributed by atoms with van der Waals surface area (Å²) in [4.78, 5) is 14.7. The fraction of sp³-hybridized carbons (Fsp3) is 0.450. The summed E-state index contributed by atoms with van der Waals surface area (Å²) in [6.07, 6.45) is 3.42. The quantitative estimate of drug-likeness (QED) is 0.895. The van der Waals surface area contributed by atoms with Crippen molar-refractivity contribution >= 4 is 11.7 Å². The van der Waals surface area contributed by atoms with Crippen molar-refractivity contribution in [1.29, 1.82) is 0 Å². The van der Waals surface area contributed by atoms with Gasteiger partial charge in [0.2, 0.25) is 0 Å². The topological polar surface area (TPSA) is 58.1 Å². The van der Waals surface area contributed by atoms with Gasteiger partial charge in [-0.1, -0.05) is 13.0 Å². The van der Waals surface area contributed by atoms with E-state index in [2.05, 4.69) is 22.4 Å². The van der Waals surface area contributed by atoms with Gasteiger partial charge >= 0.3 is 6.03 Å². The first-order chi connectivity index (χ1) is 12.0. The summed E-state index contributed by atoms with van der Waals surface area (Å²) < 4.78 is 0. The highest BCUT2D eigenvalue weighted by Gasteiger charge is 2.46. The van der Waals surface area contributed by atoms with Crippen molar-refractivity contribution < 1.29 is 4.79 Å². The van der Waals surface area contributed by atoms with Crippen LogP contribution in [0.5, 0.6) is 0 Å². The lowest BCUT2D eigenvalue weighted by atomic mass is 9.74. The van der Waals surface area contributed by atoms with Crippen molar-refractivity contribution in [3.8, 4) is 11.3 Å². The van der Waals surface area contributed by atoms with E-state index in [1.165, 1.54) is 0 Å². The SMILES string of the molecule is Cc1ccc(-c2cc(NC(=O)N3C4CC(C)C[C@@H]3C4)ccc2C)nn1. The molecule has 1 aromatic heterocycles. The van der Waals surface area contributed by atoms with Gasteiger partial charge in [0.1, 0.15) is 0 Å². The maximum absolute atomic E-state index is 12.7. The molecule has 2 saturated heterocycles. The first kappa shape index (κ1) is 16.1. The van der Waals surface area contributed by atoms with E-state index in [9.17, 15) is 4.79 Å². The van der Waals surface area contributed by atoms with Crippen LogP contribution in [0.25, 0.3) is 11.3 Å². The number of carbonyl (C=O) groups is 1. The summed E-state index contributed by atoms with van der Waals surface area (Å²) in [5.74, 6) is 0.735. The van der Waals surface area contributed by atoms with Gasteiger partial charge in [0.05, 0.1) is 11.4 Å². The van der Waals surface area contributed by atoms with E-state index < -0.39 is 0 Å². The van der Waals surface area contributed by atoms with E-state index in [0.717, 1.165) is 53.4 Å². The Bertz CT molecular complexity index is 790. The molecule has 5 nitrogen and oxygen atoms in total. The van der Waals surface area contributed by atoms with Crippen LogP contribution >= 0.6 is 0 Å². The average molecular weight is 336 g/mol. The standard InChI is InChI=1S/C20H24N4O/c1-12-8-16-11-17(9-12)24(16)20(25)21-15-6-4-13(2)18(10-15)19-7-5-14(3)22-23-19/h4-7,10,12,16-17H,8-9,11H2,1-3H3,(H,21,25)/t12?,16-,17?/m1/s1. The Kier molecular flexibility index (Phi) is 3.94. The second-order valence-electron chi connectivity index (χ2n) is 7.55. The number of carbonyl (C=O) groups excluding carboxylic acids is 1. The van der Waals surface area contributed by atoms with Crippen LogP contribution < -0.4 is 5.32 Å². The Hall–Kier alpha value is -2.43. The van der Waals surface area contributed by atoms with Crippen molar-refractivity contribution in [1.82, 2.24) is 15.1 Å². The zero-order chi connectivity index (χ0) is 17.6. The summed E-state index contributed by atoms with van der Waals surface area (Å²) >= 11 is 0. The minimum atomic E-state index is 0.0259. The molecule has 2 unspecified atom stereocenters. The lowest BCUT2D eigenvalue weighted by molar-refractivity contribution is -0.00600. The van der Waals surface area contributed by atoms with Crippen LogP contribution in [0.15, 0.2) is 30.3 Å². The molecule has 0 saturated carbocycles. The third-order valence-corrected chi connectivity index (χ3v) is 5.48. The Labute approximate surface area is 148 Å². The van der Waals surface area contributed by atoms with E-state index >= 15 is 0 Å². The van der Waals surface area contributed by atoms with Gasteiger partial charge in [-0.15, -0.1) is 0 Å². The molecule has 0 radical (unpaired) electrons. The molecule has 0 aliphatic carbocycles. The first-order valence-corrected chi connectivity index (χ1v) is 9.02. The molecule has 25 heavy (non-hydrogen) atoms. The maximum Gasteiger partial charge on any atom is 0.322 e.